The van der Waals surface area contributed by atoms with Gasteiger partial charge in [-0.3, -0.25) is 4.90 Å². The number of piperazine rings is 1. The maximum atomic E-state index is 4.89. The van der Waals surface area contributed by atoms with E-state index < -0.39 is 0 Å². The zero-order valence-corrected chi connectivity index (χ0v) is 14.0. The normalized spacial score (nSPS) is 16.7. The van der Waals surface area contributed by atoms with Crippen LogP contribution in [0.2, 0.25) is 0 Å². The summed E-state index contributed by atoms with van der Waals surface area (Å²) in [5, 5.41) is 3.25. The van der Waals surface area contributed by atoms with Crippen molar-refractivity contribution in [1.29, 1.82) is 0 Å². The van der Waals surface area contributed by atoms with E-state index in [0.29, 0.717) is 5.92 Å². The van der Waals surface area contributed by atoms with Gasteiger partial charge >= 0.3 is 0 Å². The van der Waals surface area contributed by atoms with E-state index >= 15 is 0 Å². The lowest BCUT2D eigenvalue weighted by Gasteiger charge is -2.35. The third-order valence-corrected chi connectivity index (χ3v) is 4.10. The van der Waals surface area contributed by atoms with Crippen LogP contribution in [0.25, 0.3) is 0 Å². The van der Waals surface area contributed by atoms with Crippen LogP contribution in [0.3, 0.4) is 0 Å². The summed E-state index contributed by atoms with van der Waals surface area (Å²) in [5.41, 5.74) is 2.54. The van der Waals surface area contributed by atoms with Crippen LogP contribution in [0.5, 0.6) is 0 Å². The summed E-state index contributed by atoms with van der Waals surface area (Å²) in [5.74, 6) is 1.63. The van der Waals surface area contributed by atoms with Crippen molar-refractivity contribution in [2.24, 2.45) is 0 Å². The second kappa shape index (κ2) is 7.76. The number of hydrogen-bond donors (Lipinski definition) is 1. The molecule has 0 amide bonds. The number of rotatable bonds is 6. The van der Waals surface area contributed by atoms with E-state index in [1.54, 1.807) is 0 Å². The molecule has 118 valence electrons. The zero-order chi connectivity index (χ0) is 15.2. The molecule has 0 saturated carbocycles. The van der Waals surface area contributed by atoms with Crippen molar-refractivity contribution in [2.75, 3.05) is 44.7 Å². The van der Waals surface area contributed by atoms with Gasteiger partial charge in [0.25, 0.3) is 0 Å². The number of hydrogen-bond acceptors (Lipinski definition) is 4. The highest BCUT2D eigenvalue weighted by Crippen LogP contribution is 2.21. The molecule has 0 radical (unpaired) electrons. The van der Waals surface area contributed by atoms with Crippen molar-refractivity contribution in [3.8, 4) is 0 Å². The van der Waals surface area contributed by atoms with Crippen LogP contribution in [-0.4, -0.2) is 49.7 Å². The molecule has 2 rings (SSSR count). The van der Waals surface area contributed by atoms with Crippen molar-refractivity contribution in [1.82, 2.24) is 15.2 Å². The SMILES string of the molecule is CCCN1CCN(c2cc(CNC)cc(C(C)C)n2)CC1. The largest absolute Gasteiger partial charge is 0.354 e. The number of nitrogens with zero attached hydrogens (tertiary/aromatic N) is 3. The Morgan fingerprint density at radius 1 is 1.19 bits per heavy atom. The Balaban J connectivity index is 2.11. The Morgan fingerprint density at radius 2 is 1.90 bits per heavy atom. The first-order valence-corrected chi connectivity index (χ1v) is 8.26. The summed E-state index contributed by atoms with van der Waals surface area (Å²) in [6.45, 7) is 13.3. The minimum Gasteiger partial charge on any atom is -0.354 e. The minimum atomic E-state index is 0.474. The second-order valence-electron chi connectivity index (χ2n) is 6.27. The molecule has 0 bridgehead atoms. The van der Waals surface area contributed by atoms with Gasteiger partial charge in [0.15, 0.2) is 0 Å². The lowest BCUT2D eigenvalue weighted by atomic mass is 10.1. The molecule has 0 spiro atoms. The van der Waals surface area contributed by atoms with Crippen molar-refractivity contribution >= 4 is 5.82 Å². The standard InChI is InChI=1S/C17H30N4/c1-5-6-20-7-9-21(10-8-20)17-12-15(13-18-4)11-16(19-17)14(2)3/h11-12,14,18H,5-10,13H2,1-4H3. The predicted octanol–water partition coefficient (Wildman–Crippen LogP) is 2.46. The molecule has 1 saturated heterocycles. The summed E-state index contributed by atoms with van der Waals surface area (Å²) in [6.07, 6.45) is 1.24. The first kappa shape index (κ1) is 16.2. The Bertz CT molecular complexity index is 436. The van der Waals surface area contributed by atoms with Crippen LogP contribution < -0.4 is 10.2 Å². The van der Waals surface area contributed by atoms with E-state index in [4.69, 9.17) is 4.98 Å². The summed E-state index contributed by atoms with van der Waals surface area (Å²) in [7, 11) is 2.00. The highest BCUT2D eigenvalue weighted by molar-refractivity contribution is 5.44. The average molecular weight is 290 g/mol. The Kier molecular flexibility index (Phi) is 6.00. The van der Waals surface area contributed by atoms with E-state index in [9.17, 15) is 0 Å². The van der Waals surface area contributed by atoms with Crippen LogP contribution in [-0.2, 0) is 6.54 Å². The van der Waals surface area contributed by atoms with Gasteiger partial charge in [0.1, 0.15) is 5.82 Å². The van der Waals surface area contributed by atoms with Gasteiger partial charge in [-0.15, -0.1) is 0 Å². The summed E-state index contributed by atoms with van der Waals surface area (Å²) in [4.78, 5) is 9.88. The van der Waals surface area contributed by atoms with Crippen molar-refractivity contribution in [3.05, 3.63) is 23.4 Å². The van der Waals surface area contributed by atoms with Crippen LogP contribution in [0.1, 0.15) is 44.4 Å². The van der Waals surface area contributed by atoms with Gasteiger partial charge in [0.2, 0.25) is 0 Å². The van der Waals surface area contributed by atoms with Crippen molar-refractivity contribution < 1.29 is 0 Å². The van der Waals surface area contributed by atoms with E-state index in [1.807, 2.05) is 7.05 Å². The predicted molar refractivity (Wildman–Crippen MR) is 90.0 cm³/mol. The quantitative estimate of drug-likeness (QED) is 0.872. The van der Waals surface area contributed by atoms with Crippen LogP contribution in [0.4, 0.5) is 5.82 Å². The molecule has 1 N–H and O–H groups in total. The van der Waals surface area contributed by atoms with E-state index in [-0.39, 0.29) is 0 Å². The molecule has 1 aromatic rings. The van der Waals surface area contributed by atoms with Crippen LogP contribution >= 0.6 is 0 Å². The fourth-order valence-electron chi connectivity index (χ4n) is 2.88. The lowest BCUT2D eigenvalue weighted by molar-refractivity contribution is 0.258. The molecular formula is C17H30N4. The molecule has 2 heterocycles. The van der Waals surface area contributed by atoms with Gasteiger partial charge < -0.3 is 10.2 Å². The minimum absolute atomic E-state index is 0.474. The molecule has 0 unspecified atom stereocenters. The Morgan fingerprint density at radius 3 is 2.48 bits per heavy atom. The molecule has 0 atom stereocenters. The smallest absolute Gasteiger partial charge is 0.129 e. The van der Waals surface area contributed by atoms with Gasteiger partial charge in [-0.2, -0.15) is 0 Å². The van der Waals surface area contributed by atoms with Crippen molar-refractivity contribution in [3.63, 3.8) is 0 Å². The molecule has 1 fully saturated rings. The molecule has 0 aromatic carbocycles. The Hall–Kier alpha value is -1.13. The fraction of sp³-hybridized carbons (Fsp3) is 0.706. The summed E-state index contributed by atoms with van der Waals surface area (Å²) >= 11 is 0. The Labute approximate surface area is 129 Å². The molecule has 0 aliphatic carbocycles. The molecular weight excluding hydrogens is 260 g/mol. The topological polar surface area (TPSA) is 31.4 Å². The van der Waals surface area contributed by atoms with Gasteiger partial charge in [-0.25, -0.2) is 4.98 Å². The molecule has 1 aliphatic heterocycles. The molecule has 4 heteroatoms. The average Bonchev–Trinajstić information content (AvgIpc) is 2.48. The maximum Gasteiger partial charge on any atom is 0.129 e. The van der Waals surface area contributed by atoms with Crippen molar-refractivity contribution in [2.45, 2.75) is 39.7 Å². The maximum absolute atomic E-state index is 4.89. The first-order chi connectivity index (χ1) is 10.1. The molecule has 1 aromatic heterocycles. The second-order valence-corrected chi connectivity index (χ2v) is 6.27. The van der Waals surface area contributed by atoms with E-state index in [0.717, 1.165) is 38.5 Å². The van der Waals surface area contributed by atoms with E-state index in [1.165, 1.54) is 24.2 Å². The molecule has 1 aliphatic rings. The first-order valence-electron chi connectivity index (χ1n) is 8.26. The lowest BCUT2D eigenvalue weighted by Crippen LogP contribution is -2.46. The summed E-state index contributed by atoms with van der Waals surface area (Å²) < 4.78 is 0. The van der Waals surface area contributed by atoms with Gasteiger partial charge in [0.05, 0.1) is 0 Å². The van der Waals surface area contributed by atoms with E-state index in [2.05, 4.69) is 48.0 Å². The molecule has 4 nitrogen and oxygen atoms in total. The number of nitrogens with one attached hydrogen (secondary N) is 1. The number of aromatic nitrogens is 1. The van der Waals surface area contributed by atoms with Gasteiger partial charge in [-0.05, 0) is 43.6 Å². The molecule has 21 heavy (non-hydrogen) atoms. The van der Waals surface area contributed by atoms with Gasteiger partial charge in [0, 0.05) is 38.4 Å². The van der Waals surface area contributed by atoms with Gasteiger partial charge in [-0.1, -0.05) is 20.8 Å². The summed E-state index contributed by atoms with van der Waals surface area (Å²) in [6, 6.07) is 4.48. The highest BCUT2D eigenvalue weighted by Gasteiger charge is 2.18. The monoisotopic (exact) mass is 290 g/mol. The third-order valence-electron chi connectivity index (χ3n) is 4.10. The van der Waals surface area contributed by atoms with Crippen LogP contribution in [0, 0.1) is 0 Å². The fourth-order valence-corrected chi connectivity index (χ4v) is 2.88. The van der Waals surface area contributed by atoms with Crippen LogP contribution in [0.15, 0.2) is 12.1 Å². The zero-order valence-electron chi connectivity index (χ0n) is 14.0. The third kappa shape index (κ3) is 4.42. The number of anilines is 1. The highest BCUT2D eigenvalue weighted by atomic mass is 15.3. The number of pyridine rings is 1.